The van der Waals surface area contributed by atoms with Gasteiger partial charge in [-0.3, -0.25) is 23.9 Å². The van der Waals surface area contributed by atoms with E-state index in [1.165, 1.54) is 12.0 Å². The lowest BCUT2D eigenvalue weighted by Gasteiger charge is -2.35. The van der Waals surface area contributed by atoms with E-state index in [2.05, 4.69) is 21.6 Å². The molecule has 1 aromatic heterocycles. The number of carbonyl (C=O) groups is 4. The number of hydrogen-bond donors (Lipinski definition) is 2. The molecule has 1 saturated heterocycles. The lowest BCUT2D eigenvalue weighted by Crippen LogP contribution is -2.57. The van der Waals surface area contributed by atoms with Crippen molar-refractivity contribution in [3.63, 3.8) is 0 Å². The van der Waals surface area contributed by atoms with Crippen LogP contribution in [-0.2, 0) is 33.9 Å². The first kappa shape index (κ1) is 33.5. The molecule has 5 atom stereocenters. The van der Waals surface area contributed by atoms with Crippen molar-refractivity contribution in [1.29, 1.82) is 0 Å². The van der Waals surface area contributed by atoms with E-state index in [0.29, 0.717) is 18.7 Å². The van der Waals surface area contributed by atoms with E-state index in [-0.39, 0.29) is 38.3 Å². The Morgan fingerprint density at radius 1 is 1.17 bits per heavy atom. The number of pyridine rings is 1. The number of Topliss-reactive ketones (excluding diaryl/α,β-unsaturated/α-hetero) is 1. The van der Waals surface area contributed by atoms with E-state index < -0.39 is 67.8 Å². The summed E-state index contributed by atoms with van der Waals surface area (Å²) in [4.78, 5) is 60.2. The number of nitrogens with one attached hydrogen (secondary N) is 2. The largest absolute Gasteiger partial charge is 0.472 e. The maximum absolute atomic E-state index is 14.2. The van der Waals surface area contributed by atoms with Crippen LogP contribution in [0, 0.1) is 16.7 Å². The second-order valence-electron chi connectivity index (χ2n) is 13.6. The van der Waals surface area contributed by atoms with Gasteiger partial charge in [0, 0.05) is 31.5 Å². The minimum absolute atomic E-state index is 0.0347. The molecule has 3 amide bonds. The van der Waals surface area contributed by atoms with Gasteiger partial charge in [-0.1, -0.05) is 45.0 Å². The van der Waals surface area contributed by atoms with Crippen LogP contribution in [0.25, 0.3) is 10.8 Å². The van der Waals surface area contributed by atoms with Gasteiger partial charge in [0.05, 0.1) is 23.3 Å². The normalized spacial score (nSPS) is 25.0. The number of nitrogens with zero attached hydrogens (tertiary/aromatic N) is 2. The lowest BCUT2D eigenvalue weighted by atomic mass is 9.85. The average Bonchev–Trinajstić information content (AvgIpc) is 3.92. The summed E-state index contributed by atoms with van der Waals surface area (Å²) in [6.07, 6.45) is 3.65. The standard InChI is InChI=1S/C33H42N4O8S/c1-6-21-16-33(21,31(41)36-46(42,43)23-11-12-23)17-26(38)25-15-22(45-29-24-10-8-7-9-20(24)13-14-34-29)18-37(25)30(40)28(32(2,3)4)35-27(39)19-44-5/h6-10,13-14,21-23,25,28H,1,11-12,15-19H2,2-5H3,(H,35,39)(H,36,41)/t21-,22-,25+,28-,33-/m1/s1. The van der Waals surface area contributed by atoms with E-state index in [4.69, 9.17) is 9.47 Å². The number of methoxy groups -OCH3 is 1. The molecule has 13 heteroatoms. The molecule has 12 nitrogen and oxygen atoms in total. The number of hydrogen-bond acceptors (Lipinski definition) is 9. The minimum atomic E-state index is -3.83. The maximum Gasteiger partial charge on any atom is 0.246 e. The van der Waals surface area contributed by atoms with Gasteiger partial charge in [-0.2, -0.15) is 0 Å². The number of allylic oxidation sites excluding steroid dienone is 1. The van der Waals surface area contributed by atoms with E-state index in [1.54, 1.807) is 12.3 Å². The molecule has 3 fully saturated rings. The predicted molar refractivity (Wildman–Crippen MR) is 170 cm³/mol. The number of ether oxygens (including phenoxy) is 2. The third kappa shape index (κ3) is 6.95. The van der Waals surface area contributed by atoms with Crippen molar-refractivity contribution < 1.29 is 37.1 Å². The molecule has 2 heterocycles. The molecule has 0 unspecified atom stereocenters. The van der Waals surface area contributed by atoms with Crippen LogP contribution in [0.2, 0.25) is 0 Å². The molecule has 0 spiro atoms. The Kier molecular flexibility index (Phi) is 9.29. The number of fused-ring (bicyclic) bond motifs is 1. The molecule has 46 heavy (non-hydrogen) atoms. The second kappa shape index (κ2) is 12.7. The summed E-state index contributed by atoms with van der Waals surface area (Å²) in [6.45, 7) is 9.00. The molecule has 2 aliphatic carbocycles. The quantitative estimate of drug-likeness (QED) is 0.309. The number of likely N-dealkylation sites (tertiary alicyclic amines) is 1. The van der Waals surface area contributed by atoms with Crippen LogP contribution in [0.5, 0.6) is 5.88 Å². The van der Waals surface area contributed by atoms with Gasteiger partial charge in [-0.25, -0.2) is 13.4 Å². The number of benzene rings is 1. The fraction of sp³-hybridized carbons (Fsp3) is 0.545. The maximum atomic E-state index is 14.2. The van der Waals surface area contributed by atoms with E-state index >= 15 is 0 Å². The van der Waals surface area contributed by atoms with Crippen LogP contribution >= 0.6 is 0 Å². The van der Waals surface area contributed by atoms with Crippen molar-refractivity contribution in [3.8, 4) is 5.88 Å². The fourth-order valence-corrected chi connectivity index (χ4v) is 7.62. The van der Waals surface area contributed by atoms with Gasteiger partial charge in [-0.05, 0) is 48.1 Å². The van der Waals surface area contributed by atoms with Crippen molar-refractivity contribution in [1.82, 2.24) is 19.9 Å². The Morgan fingerprint density at radius 3 is 2.52 bits per heavy atom. The summed E-state index contributed by atoms with van der Waals surface area (Å²) >= 11 is 0. The van der Waals surface area contributed by atoms with Crippen LogP contribution in [0.4, 0.5) is 0 Å². The number of rotatable bonds is 13. The highest BCUT2D eigenvalue weighted by molar-refractivity contribution is 7.90. The molecular weight excluding hydrogens is 612 g/mol. The van der Waals surface area contributed by atoms with Gasteiger partial charge in [-0.15, -0.1) is 6.58 Å². The molecule has 1 aromatic carbocycles. The first-order valence-corrected chi connectivity index (χ1v) is 17.1. The molecular formula is C33H42N4O8S. The summed E-state index contributed by atoms with van der Waals surface area (Å²) in [5, 5.41) is 3.84. The summed E-state index contributed by atoms with van der Waals surface area (Å²) in [5.74, 6) is -2.10. The van der Waals surface area contributed by atoms with Crippen molar-refractivity contribution >= 4 is 44.3 Å². The van der Waals surface area contributed by atoms with Crippen LogP contribution in [0.15, 0.2) is 49.2 Å². The highest BCUT2D eigenvalue weighted by Crippen LogP contribution is 2.57. The summed E-state index contributed by atoms with van der Waals surface area (Å²) in [6, 6.07) is 7.43. The van der Waals surface area contributed by atoms with Crippen molar-refractivity contribution in [2.75, 3.05) is 20.3 Å². The average molecular weight is 655 g/mol. The summed E-state index contributed by atoms with van der Waals surface area (Å²) in [5.41, 5.74) is -2.01. The van der Waals surface area contributed by atoms with Crippen LogP contribution in [-0.4, -0.2) is 85.5 Å². The van der Waals surface area contributed by atoms with E-state index in [1.807, 2.05) is 51.1 Å². The predicted octanol–water partition coefficient (Wildman–Crippen LogP) is 2.52. The molecule has 1 aliphatic heterocycles. The highest BCUT2D eigenvalue weighted by Gasteiger charge is 2.61. The van der Waals surface area contributed by atoms with Crippen LogP contribution < -0.4 is 14.8 Å². The molecule has 248 valence electrons. The van der Waals surface area contributed by atoms with Crippen molar-refractivity contribution in [2.24, 2.45) is 16.7 Å². The minimum Gasteiger partial charge on any atom is -0.472 e. The Balaban J connectivity index is 1.43. The van der Waals surface area contributed by atoms with E-state index in [9.17, 15) is 27.6 Å². The molecule has 3 aliphatic rings. The Hall–Kier alpha value is -3.84. The van der Waals surface area contributed by atoms with Crippen molar-refractivity contribution in [2.45, 2.75) is 76.3 Å². The molecule has 5 rings (SSSR count). The van der Waals surface area contributed by atoms with Gasteiger partial charge in [0.15, 0.2) is 5.78 Å². The molecule has 2 aromatic rings. The first-order chi connectivity index (χ1) is 21.7. The second-order valence-corrected chi connectivity index (χ2v) is 15.6. The fourth-order valence-electron chi connectivity index (χ4n) is 6.23. The molecule has 2 saturated carbocycles. The van der Waals surface area contributed by atoms with Gasteiger partial charge < -0.3 is 19.7 Å². The number of amides is 3. The zero-order chi connectivity index (χ0) is 33.4. The SMILES string of the molecule is C=C[C@@H]1C[C@]1(CC(=O)[C@@H]1C[C@@H](Oc2nccc3ccccc23)CN1C(=O)[C@@H](NC(=O)COC)C(C)(C)C)C(=O)NS(=O)(=O)C1CC1. The number of sulfonamides is 1. The zero-order valence-electron chi connectivity index (χ0n) is 26.7. The van der Waals surface area contributed by atoms with Gasteiger partial charge >= 0.3 is 0 Å². The third-order valence-electron chi connectivity index (χ3n) is 9.08. The van der Waals surface area contributed by atoms with Crippen molar-refractivity contribution in [3.05, 3.63) is 49.2 Å². The topological polar surface area (TPSA) is 161 Å². The van der Waals surface area contributed by atoms with Gasteiger partial charge in [0.2, 0.25) is 33.6 Å². The summed E-state index contributed by atoms with van der Waals surface area (Å²) in [7, 11) is -2.46. The van der Waals surface area contributed by atoms with Gasteiger partial charge in [0.1, 0.15) is 18.8 Å². The summed E-state index contributed by atoms with van der Waals surface area (Å²) < 4.78 is 38.7. The first-order valence-electron chi connectivity index (χ1n) is 15.5. The third-order valence-corrected chi connectivity index (χ3v) is 10.9. The molecule has 2 N–H and O–H groups in total. The number of carbonyl (C=O) groups excluding carboxylic acids is 4. The van der Waals surface area contributed by atoms with Gasteiger partial charge in [0.25, 0.3) is 0 Å². The van der Waals surface area contributed by atoms with E-state index in [0.717, 1.165) is 10.8 Å². The zero-order valence-corrected chi connectivity index (χ0v) is 27.5. The molecule has 0 radical (unpaired) electrons. The Labute approximate surface area is 269 Å². The Morgan fingerprint density at radius 2 is 1.89 bits per heavy atom. The smallest absolute Gasteiger partial charge is 0.246 e. The Bertz CT molecular complexity index is 1640. The monoisotopic (exact) mass is 654 g/mol. The molecule has 0 bridgehead atoms. The number of ketones is 1. The number of aromatic nitrogens is 1. The van der Waals surface area contributed by atoms with Crippen LogP contribution in [0.3, 0.4) is 0 Å². The van der Waals surface area contributed by atoms with Crippen LogP contribution in [0.1, 0.15) is 52.9 Å². The lowest BCUT2D eigenvalue weighted by molar-refractivity contribution is -0.144. The highest BCUT2D eigenvalue weighted by atomic mass is 32.2.